The molecule has 0 fully saturated rings. The van der Waals surface area contributed by atoms with Crippen molar-refractivity contribution in [2.45, 2.75) is 13.8 Å². The molecule has 0 N–H and O–H groups in total. The van der Waals surface area contributed by atoms with Gasteiger partial charge in [-0.05, 0) is 43.7 Å². The van der Waals surface area contributed by atoms with Gasteiger partial charge in [0.25, 0.3) is 0 Å². The minimum atomic E-state index is 1.22. The van der Waals surface area contributed by atoms with E-state index in [1.165, 1.54) is 22.5 Å². The fraction of sp³-hybridized carbons (Fsp3) is 0.200. The summed E-state index contributed by atoms with van der Waals surface area (Å²) in [6.07, 6.45) is 0. The molecule has 0 aromatic heterocycles. The Bertz CT molecular complexity index is 471. The van der Waals surface area contributed by atoms with Gasteiger partial charge < -0.3 is 4.90 Å². The molecule has 0 amide bonds. The Balaban J connectivity index is 2.31. The molecule has 0 bridgehead atoms. The number of aryl methyl sites for hydroxylation is 2. The van der Waals surface area contributed by atoms with Gasteiger partial charge in [0.1, 0.15) is 0 Å². The van der Waals surface area contributed by atoms with Crippen molar-refractivity contribution in [1.29, 1.82) is 0 Å². The van der Waals surface area contributed by atoms with Crippen LogP contribution in [-0.2, 0) is 0 Å². The van der Waals surface area contributed by atoms with Crippen LogP contribution in [0, 0.1) is 13.8 Å². The summed E-state index contributed by atoms with van der Waals surface area (Å²) in [6, 6.07) is 17.1. The lowest BCUT2D eigenvalue weighted by Gasteiger charge is -2.20. The maximum absolute atomic E-state index is 2.20. The molecule has 82 valence electrons. The normalized spacial score (nSPS) is 10.2. The number of nitrogens with zero attached hydrogens (tertiary/aromatic N) is 1. The van der Waals surface area contributed by atoms with Crippen LogP contribution in [0.2, 0.25) is 0 Å². The van der Waals surface area contributed by atoms with Crippen molar-refractivity contribution in [2.75, 3.05) is 11.9 Å². The molecule has 0 spiro atoms. The third-order valence-corrected chi connectivity index (χ3v) is 2.81. The Kier molecular flexibility index (Phi) is 2.95. The smallest absolute Gasteiger partial charge is 0.0410 e. The van der Waals surface area contributed by atoms with Crippen LogP contribution in [0.4, 0.5) is 11.4 Å². The molecular formula is C15H17N. The summed E-state index contributed by atoms with van der Waals surface area (Å²) in [4.78, 5) is 2.20. The van der Waals surface area contributed by atoms with Gasteiger partial charge in [-0.1, -0.05) is 29.8 Å². The van der Waals surface area contributed by atoms with Crippen LogP contribution in [0.25, 0.3) is 0 Å². The Labute approximate surface area is 97.3 Å². The Hall–Kier alpha value is -1.76. The maximum atomic E-state index is 2.20. The predicted octanol–water partition coefficient (Wildman–Crippen LogP) is 4.07. The van der Waals surface area contributed by atoms with E-state index in [0.717, 1.165) is 0 Å². The summed E-state index contributed by atoms with van der Waals surface area (Å²) in [5, 5.41) is 0. The van der Waals surface area contributed by atoms with Crippen molar-refractivity contribution >= 4 is 11.4 Å². The number of anilines is 2. The number of hydrogen-bond donors (Lipinski definition) is 0. The molecule has 0 aliphatic carbocycles. The SMILES string of the molecule is Cc1ccc(N(C)c2cccc(C)c2)cc1. The molecule has 0 aliphatic heterocycles. The second-order valence-electron chi connectivity index (χ2n) is 4.23. The zero-order valence-electron chi connectivity index (χ0n) is 10.1. The van der Waals surface area contributed by atoms with E-state index in [-0.39, 0.29) is 0 Å². The average Bonchev–Trinajstić information content (AvgIpc) is 2.29. The summed E-state index contributed by atoms with van der Waals surface area (Å²) in [6.45, 7) is 4.23. The highest BCUT2D eigenvalue weighted by Gasteiger charge is 2.02. The van der Waals surface area contributed by atoms with E-state index < -0.39 is 0 Å². The number of benzene rings is 2. The van der Waals surface area contributed by atoms with Crippen molar-refractivity contribution in [3.63, 3.8) is 0 Å². The first-order valence-corrected chi connectivity index (χ1v) is 5.54. The third kappa shape index (κ3) is 2.25. The van der Waals surface area contributed by atoms with E-state index in [2.05, 4.69) is 74.3 Å². The van der Waals surface area contributed by atoms with Gasteiger partial charge in [0, 0.05) is 18.4 Å². The molecule has 2 aromatic rings. The molecule has 0 saturated carbocycles. The van der Waals surface area contributed by atoms with E-state index >= 15 is 0 Å². The summed E-state index contributed by atoms with van der Waals surface area (Å²) in [5.41, 5.74) is 5.03. The first kappa shape index (κ1) is 10.7. The largest absolute Gasteiger partial charge is 0.345 e. The van der Waals surface area contributed by atoms with Crippen LogP contribution in [0.5, 0.6) is 0 Å². The maximum Gasteiger partial charge on any atom is 0.0410 e. The quantitative estimate of drug-likeness (QED) is 0.723. The highest BCUT2D eigenvalue weighted by molar-refractivity contribution is 5.63. The summed E-state index contributed by atoms with van der Waals surface area (Å²) in [7, 11) is 2.10. The monoisotopic (exact) mass is 211 g/mol. The van der Waals surface area contributed by atoms with Crippen molar-refractivity contribution in [2.24, 2.45) is 0 Å². The van der Waals surface area contributed by atoms with Crippen LogP contribution in [0.3, 0.4) is 0 Å². The van der Waals surface area contributed by atoms with Crippen LogP contribution in [-0.4, -0.2) is 7.05 Å². The molecule has 0 unspecified atom stereocenters. The second kappa shape index (κ2) is 4.40. The lowest BCUT2D eigenvalue weighted by Crippen LogP contribution is -2.09. The zero-order valence-corrected chi connectivity index (χ0v) is 10.1. The summed E-state index contributed by atoms with van der Waals surface area (Å²) >= 11 is 0. The van der Waals surface area contributed by atoms with Gasteiger partial charge in [-0.25, -0.2) is 0 Å². The lowest BCUT2D eigenvalue weighted by atomic mass is 10.2. The molecular weight excluding hydrogens is 194 g/mol. The predicted molar refractivity (Wildman–Crippen MR) is 70.4 cm³/mol. The van der Waals surface area contributed by atoms with Gasteiger partial charge in [-0.3, -0.25) is 0 Å². The van der Waals surface area contributed by atoms with Crippen LogP contribution < -0.4 is 4.90 Å². The highest BCUT2D eigenvalue weighted by atomic mass is 15.1. The van der Waals surface area contributed by atoms with E-state index in [1.54, 1.807) is 0 Å². The van der Waals surface area contributed by atoms with Crippen molar-refractivity contribution in [3.05, 3.63) is 59.7 Å². The summed E-state index contributed by atoms with van der Waals surface area (Å²) < 4.78 is 0. The third-order valence-electron chi connectivity index (χ3n) is 2.81. The van der Waals surface area contributed by atoms with Gasteiger partial charge in [-0.2, -0.15) is 0 Å². The number of hydrogen-bond acceptors (Lipinski definition) is 1. The van der Waals surface area contributed by atoms with Gasteiger partial charge in [0.15, 0.2) is 0 Å². The molecule has 0 heterocycles. The molecule has 1 nitrogen and oxygen atoms in total. The van der Waals surface area contributed by atoms with E-state index in [4.69, 9.17) is 0 Å². The molecule has 16 heavy (non-hydrogen) atoms. The molecule has 1 heteroatoms. The standard InChI is InChI=1S/C15H17N/c1-12-7-9-14(10-8-12)16(3)15-6-4-5-13(2)11-15/h4-11H,1-3H3. The van der Waals surface area contributed by atoms with Crippen molar-refractivity contribution in [1.82, 2.24) is 0 Å². The minimum Gasteiger partial charge on any atom is -0.345 e. The highest BCUT2D eigenvalue weighted by Crippen LogP contribution is 2.24. The molecule has 0 saturated heterocycles. The molecule has 0 atom stereocenters. The Morgan fingerprint density at radius 2 is 1.44 bits per heavy atom. The summed E-state index contributed by atoms with van der Waals surface area (Å²) in [5.74, 6) is 0. The van der Waals surface area contributed by atoms with Crippen LogP contribution in [0.15, 0.2) is 48.5 Å². The Morgan fingerprint density at radius 3 is 2.06 bits per heavy atom. The second-order valence-corrected chi connectivity index (χ2v) is 4.23. The molecule has 0 aliphatic rings. The van der Waals surface area contributed by atoms with E-state index in [9.17, 15) is 0 Å². The first-order valence-electron chi connectivity index (χ1n) is 5.54. The fourth-order valence-corrected chi connectivity index (χ4v) is 1.75. The van der Waals surface area contributed by atoms with Gasteiger partial charge in [0.05, 0.1) is 0 Å². The van der Waals surface area contributed by atoms with Gasteiger partial charge in [-0.15, -0.1) is 0 Å². The first-order chi connectivity index (χ1) is 7.66. The topological polar surface area (TPSA) is 3.24 Å². The molecule has 2 aromatic carbocycles. The van der Waals surface area contributed by atoms with Gasteiger partial charge in [0.2, 0.25) is 0 Å². The van der Waals surface area contributed by atoms with Gasteiger partial charge >= 0.3 is 0 Å². The van der Waals surface area contributed by atoms with E-state index in [0.29, 0.717) is 0 Å². The Morgan fingerprint density at radius 1 is 0.750 bits per heavy atom. The lowest BCUT2D eigenvalue weighted by molar-refractivity contribution is 1.20. The van der Waals surface area contributed by atoms with E-state index in [1.807, 2.05) is 0 Å². The number of rotatable bonds is 2. The van der Waals surface area contributed by atoms with Crippen LogP contribution in [0.1, 0.15) is 11.1 Å². The minimum absolute atomic E-state index is 1.22. The molecule has 2 rings (SSSR count). The van der Waals surface area contributed by atoms with Crippen molar-refractivity contribution in [3.8, 4) is 0 Å². The average molecular weight is 211 g/mol. The fourth-order valence-electron chi connectivity index (χ4n) is 1.75. The zero-order chi connectivity index (χ0) is 11.5. The van der Waals surface area contributed by atoms with Crippen molar-refractivity contribution < 1.29 is 0 Å². The molecule has 0 radical (unpaired) electrons. The van der Waals surface area contributed by atoms with Crippen LogP contribution >= 0.6 is 0 Å².